The minimum atomic E-state index is -4.72. The minimum Gasteiger partial charge on any atom is -0.325 e. The maximum Gasteiger partial charge on any atom is 0.505 e. The Balaban J connectivity index is 2.79. The summed E-state index contributed by atoms with van der Waals surface area (Å²) in [6.45, 7) is 1.29. The predicted octanol–water partition coefficient (Wildman–Crippen LogP) is 1.05. The number of hydrogen-bond acceptors (Lipinski definition) is 4. The molecule has 1 aromatic carbocycles. The first-order chi connectivity index (χ1) is 7.38. The van der Waals surface area contributed by atoms with Crippen LogP contribution in [-0.2, 0) is 14.0 Å². The fourth-order valence-corrected chi connectivity index (χ4v) is 1.10. The third kappa shape index (κ3) is 4.41. The highest BCUT2D eigenvalue weighted by atomic mass is 31.2. The molecule has 0 saturated carbocycles. The number of nitrogens with one attached hydrogen (secondary N) is 1. The Kier molecular flexibility index (Phi) is 4.03. The highest BCUT2D eigenvalue weighted by Crippen LogP contribution is 2.37. The van der Waals surface area contributed by atoms with E-state index in [9.17, 15) is 9.36 Å². The molecule has 0 aliphatic rings. The summed E-state index contributed by atoms with van der Waals surface area (Å²) < 4.78 is 14.3. The van der Waals surface area contributed by atoms with Crippen molar-refractivity contribution in [2.75, 3.05) is 5.32 Å². The molecule has 16 heavy (non-hydrogen) atoms. The molecule has 1 rings (SSSR count). The molecule has 0 aliphatic carbocycles. The van der Waals surface area contributed by atoms with Gasteiger partial charge in [0.1, 0.15) is 0 Å². The quantitative estimate of drug-likeness (QED) is 0.417. The van der Waals surface area contributed by atoms with Crippen LogP contribution < -0.4 is 10.2 Å². The van der Waals surface area contributed by atoms with Crippen LogP contribution >= 0.6 is 7.82 Å². The lowest BCUT2D eigenvalue weighted by atomic mass is 10.3. The van der Waals surface area contributed by atoms with Crippen molar-refractivity contribution in [3.63, 3.8) is 0 Å². The molecule has 0 aromatic heterocycles. The highest BCUT2D eigenvalue weighted by Gasteiger charge is 2.17. The number of amides is 1. The number of anilines is 1. The fourth-order valence-electron chi connectivity index (χ4n) is 0.921. The molecule has 8 heteroatoms. The lowest BCUT2D eigenvalue weighted by Gasteiger charge is -2.09. The minimum absolute atomic E-state index is 0.000949. The topological polar surface area (TPSA) is 105 Å². The van der Waals surface area contributed by atoms with Gasteiger partial charge in [0.15, 0.2) is 5.75 Å². The van der Waals surface area contributed by atoms with E-state index >= 15 is 0 Å². The average molecular weight is 247 g/mol. The van der Waals surface area contributed by atoms with Crippen molar-refractivity contribution in [1.82, 2.24) is 0 Å². The molecule has 1 amide bonds. The SMILES string of the molecule is CC(=O)Nc1ccccc1OOP(=O)(O)O. The summed E-state index contributed by atoms with van der Waals surface area (Å²) >= 11 is 0. The zero-order valence-corrected chi connectivity index (χ0v) is 9.18. The Hall–Kier alpha value is -1.40. The van der Waals surface area contributed by atoms with Gasteiger partial charge in [0, 0.05) is 6.92 Å². The van der Waals surface area contributed by atoms with Crippen LogP contribution in [0.3, 0.4) is 0 Å². The number of para-hydroxylation sites is 2. The van der Waals surface area contributed by atoms with Gasteiger partial charge in [-0.15, -0.1) is 0 Å². The van der Waals surface area contributed by atoms with Crippen LogP contribution in [0.2, 0.25) is 0 Å². The van der Waals surface area contributed by atoms with E-state index in [-0.39, 0.29) is 17.3 Å². The molecule has 0 fully saturated rings. The van der Waals surface area contributed by atoms with Gasteiger partial charge in [0.05, 0.1) is 5.69 Å². The van der Waals surface area contributed by atoms with Crippen molar-refractivity contribution >= 4 is 19.4 Å². The molecule has 0 bridgehead atoms. The summed E-state index contributed by atoms with van der Waals surface area (Å²) in [6.07, 6.45) is 0. The second-order valence-corrected chi connectivity index (χ2v) is 3.96. The Morgan fingerprint density at radius 2 is 2.00 bits per heavy atom. The van der Waals surface area contributed by atoms with Crippen LogP contribution in [0.4, 0.5) is 5.69 Å². The van der Waals surface area contributed by atoms with E-state index in [2.05, 4.69) is 14.9 Å². The molecule has 88 valence electrons. The molecule has 0 atom stereocenters. The molecule has 0 saturated heterocycles. The number of carbonyl (C=O) groups is 1. The van der Waals surface area contributed by atoms with Gasteiger partial charge in [0.25, 0.3) is 0 Å². The molecular formula is C8H10NO6P. The normalized spacial score (nSPS) is 10.9. The highest BCUT2D eigenvalue weighted by molar-refractivity contribution is 7.46. The van der Waals surface area contributed by atoms with Crippen molar-refractivity contribution in [2.24, 2.45) is 0 Å². The molecule has 0 spiro atoms. The lowest BCUT2D eigenvalue weighted by Crippen LogP contribution is -2.07. The van der Waals surface area contributed by atoms with E-state index in [0.29, 0.717) is 0 Å². The molecule has 0 radical (unpaired) electrons. The fraction of sp³-hybridized carbons (Fsp3) is 0.125. The van der Waals surface area contributed by atoms with Gasteiger partial charge >= 0.3 is 7.82 Å². The largest absolute Gasteiger partial charge is 0.505 e. The van der Waals surface area contributed by atoms with Crippen molar-refractivity contribution in [2.45, 2.75) is 6.92 Å². The van der Waals surface area contributed by atoms with Gasteiger partial charge < -0.3 is 20.0 Å². The van der Waals surface area contributed by atoms with Gasteiger partial charge in [-0.25, -0.2) is 4.57 Å². The second kappa shape index (κ2) is 5.09. The van der Waals surface area contributed by atoms with Crippen molar-refractivity contribution in [1.29, 1.82) is 0 Å². The van der Waals surface area contributed by atoms with Gasteiger partial charge in [-0.05, 0) is 12.1 Å². The van der Waals surface area contributed by atoms with E-state index in [1.54, 1.807) is 12.1 Å². The number of benzene rings is 1. The Morgan fingerprint density at radius 3 is 2.56 bits per heavy atom. The third-order valence-corrected chi connectivity index (χ3v) is 1.69. The van der Waals surface area contributed by atoms with E-state index in [4.69, 9.17) is 9.79 Å². The molecule has 3 N–H and O–H groups in total. The van der Waals surface area contributed by atoms with Crippen molar-refractivity contribution < 1.29 is 28.7 Å². The van der Waals surface area contributed by atoms with Crippen LogP contribution in [0.15, 0.2) is 24.3 Å². The van der Waals surface area contributed by atoms with Crippen LogP contribution in [0, 0.1) is 0 Å². The maximum atomic E-state index is 10.8. The molecule has 0 heterocycles. The molecule has 0 unspecified atom stereocenters. The zero-order valence-electron chi connectivity index (χ0n) is 8.28. The van der Waals surface area contributed by atoms with E-state index in [0.717, 1.165) is 0 Å². The van der Waals surface area contributed by atoms with Crippen LogP contribution in [0.25, 0.3) is 0 Å². The molecule has 7 nitrogen and oxygen atoms in total. The Bertz CT molecular complexity index is 428. The average Bonchev–Trinajstić information content (AvgIpc) is 2.14. The summed E-state index contributed by atoms with van der Waals surface area (Å²) in [7, 11) is -4.72. The molecular weight excluding hydrogens is 237 g/mol. The van der Waals surface area contributed by atoms with E-state index in [1.807, 2.05) is 0 Å². The molecule has 1 aromatic rings. The number of hydrogen-bond donors (Lipinski definition) is 3. The van der Waals surface area contributed by atoms with Crippen molar-refractivity contribution in [3.05, 3.63) is 24.3 Å². The monoisotopic (exact) mass is 247 g/mol. The van der Waals surface area contributed by atoms with Gasteiger partial charge in [-0.3, -0.25) is 4.79 Å². The van der Waals surface area contributed by atoms with Crippen LogP contribution in [0.1, 0.15) is 6.92 Å². The van der Waals surface area contributed by atoms with Crippen LogP contribution in [-0.4, -0.2) is 15.7 Å². The first-order valence-corrected chi connectivity index (χ1v) is 5.70. The van der Waals surface area contributed by atoms with Gasteiger partial charge in [0.2, 0.25) is 5.91 Å². The van der Waals surface area contributed by atoms with E-state index < -0.39 is 7.82 Å². The zero-order chi connectivity index (χ0) is 12.2. The van der Waals surface area contributed by atoms with E-state index in [1.165, 1.54) is 19.1 Å². The van der Waals surface area contributed by atoms with Crippen LogP contribution in [0.5, 0.6) is 5.75 Å². The molecule has 0 aliphatic heterocycles. The second-order valence-electron chi connectivity index (χ2n) is 2.83. The summed E-state index contributed by atoms with van der Waals surface area (Å²) in [4.78, 5) is 32.1. The Labute approximate surface area is 91.2 Å². The summed E-state index contributed by atoms with van der Waals surface area (Å²) in [5, 5.41) is 2.41. The van der Waals surface area contributed by atoms with Gasteiger partial charge in [-0.1, -0.05) is 16.8 Å². The standard InChI is InChI=1S/C8H10NO6P/c1-6(10)9-7-4-2-3-5-8(7)14-15-16(11,12)13/h2-5H,1H3,(H,9,10)(H2,11,12,13). The summed E-state index contributed by atoms with van der Waals surface area (Å²) in [5.74, 6) is -0.340. The summed E-state index contributed by atoms with van der Waals surface area (Å²) in [5.41, 5.74) is 0.253. The Morgan fingerprint density at radius 1 is 1.38 bits per heavy atom. The summed E-state index contributed by atoms with van der Waals surface area (Å²) in [6, 6.07) is 6.07. The first-order valence-electron chi connectivity index (χ1n) is 4.17. The predicted molar refractivity (Wildman–Crippen MR) is 54.5 cm³/mol. The maximum absolute atomic E-state index is 10.8. The smallest absolute Gasteiger partial charge is 0.325 e. The third-order valence-electron chi connectivity index (χ3n) is 1.42. The number of rotatable bonds is 4. The first kappa shape index (κ1) is 12.7. The lowest BCUT2D eigenvalue weighted by molar-refractivity contribution is -0.122. The number of phosphoric acid groups is 1. The van der Waals surface area contributed by atoms with Gasteiger partial charge in [-0.2, -0.15) is 0 Å². The number of carbonyl (C=O) groups excluding carboxylic acids is 1. The van der Waals surface area contributed by atoms with Crippen molar-refractivity contribution in [3.8, 4) is 5.75 Å².